The number of hydrogen-bond donors (Lipinski definition) is 0. The lowest BCUT2D eigenvalue weighted by molar-refractivity contribution is -0.137. The van der Waals surface area contributed by atoms with E-state index in [-0.39, 0.29) is 30.3 Å². The molecule has 25 heavy (non-hydrogen) atoms. The number of halogens is 4. The molecule has 0 unspecified atom stereocenters. The Labute approximate surface area is 143 Å². The van der Waals surface area contributed by atoms with Gasteiger partial charge in [0.1, 0.15) is 0 Å². The fourth-order valence-electron chi connectivity index (χ4n) is 2.60. The van der Waals surface area contributed by atoms with E-state index < -0.39 is 38.0 Å². The fraction of sp³-hybridized carbons (Fsp3) is 0.385. The Kier molecular flexibility index (Phi) is 4.11. The molecule has 136 valence electrons. The van der Waals surface area contributed by atoms with Gasteiger partial charge in [-0.2, -0.15) is 13.2 Å². The van der Waals surface area contributed by atoms with Crippen LogP contribution in [0.2, 0.25) is 5.02 Å². The first-order valence-corrected chi connectivity index (χ1v) is 9.21. The van der Waals surface area contributed by atoms with Crippen molar-refractivity contribution in [3.8, 4) is 5.69 Å². The Bertz CT molecular complexity index is 1020. The molecule has 0 saturated heterocycles. The summed E-state index contributed by atoms with van der Waals surface area (Å²) >= 11 is 5.63. The van der Waals surface area contributed by atoms with Crippen LogP contribution in [-0.2, 0) is 29.1 Å². The standard InChI is InChI=1S/C13H11ClF3N3O4S/c14-10-7-8(1-2-9(10)13(15,16)17)20-11(21)18-3-5-25(23,24)6-4-19(18)12(20)22/h1-2,7H,3-6H2. The van der Waals surface area contributed by atoms with Crippen molar-refractivity contribution < 1.29 is 21.6 Å². The molecular formula is C13H11ClF3N3O4S. The van der Waals surface area contributed by atoms with Crippen LogP contribution in [0.1, 0.15) is 5.56 Å². The molecule has 1 aliphatic heterocycles. The molecule has 0 N–H and O–H groups in total. The van der Waals surface area contributed by atoms with E-state index in [2.05, 4.69) is 0 Å². The van der Waals surface area contributed by atoms with Gasteiger partial charge in [0.2, 0.25) is 0 Å². The summed E-state index contributed by atoms with van der Waals surface area (Å²) in [5, 5.41) is -0.648. The third kappa shape index (κ3) is 3.13. The number of benzene rings is 1. The van der Waals surface area contributed by atoms with Crippen LogP contribution in [0.3, 0.4) is 0 Å². The Morgan fingerprint density at radius 1 is 1.00 bits per heavy atom. The summed E-state index contributed by atoms with van der Waals surface area (Å²) in [6, 6.07) is 2.53. The van der Waals surface area contributed by atoms with Crippen LogP contribution in [0, 0.1) is 0 Å². The topological polar surface area (TPSA) is 83.1 Å². The summed E-state index contributed by atoms with van der Waals surface area (Å²) in [5.41, 5.74) is -2.88. The highest BCUT2D eigenvalue weighted by molar-refractivity contribution is 7.91. The minimum absolute atomic E-state index is 0.121. The molecule has 0 amide bonds. The van der Waals surface area contributed by atoms with Crippen molar-refractivity contribution >= 4 is 21.4 Å². The summed E-state index contributed by atoms with van der Waals surface area (Å²) in [6.45, 7) is -0.421. The molecule has 0 saturated carbocycles. The van der Waals surface area contributed by atoms with E-state index in [0.29, 0.717) is 10.6 Å². The van der Waals surface area contributed by atoms with Gasteiger partial charge in [-0.1, -0.05) is 11.6 Å². The summed E-state index contributed by atoms with van der Waals surface area (Å²) in [4.78, 5) is 24.9. The Balaban J connectivity index is 2.14. The van der Waals surface area contributed by atoms with Crippen LogP contribution in [-0.4, -0.2) is 33.9 Å². The maximum atomic E-state index is 12.8. The molecule has 3 rings (SSSR count). The van der Waals surface area contributed by atoms with Gasteiger partial charge >= 0.3 is 17.6 Å². The molecule has 1 aromatic heterocycles. The molecule has 7 nitrogen and oxygen atoms in total. The van der Waals surface area contributed by atoms with E-state index in [0.717, 1.165) is 21.5 Å². The van der Waals surface area contributed by atoms with Gasteiger partial charge in [0.05, 0.1) is 40.9 Å². The van der Waals surface area contributed by atoms with Crippen LogP contribution in [0.25, 0.3) is 5.69 Å². The molecule has 2 aromatic rings. The van der Waals surface area contributed by atoms with E-state index in [4.69, 9.17) is 11.6 Å². The molecule has 0 bridgehead atoms. The Hall–Kier alpha value is -2.01. The Morgan fingerprint density at radius 2 is 1.52 bits per heavy atom. The van der Waals surface area contributed by atoms with Gasteiger partial charge in [0.25, 0.3) is 0 Å². The maximum absolute atomic E-state index is 12.8. The fourth-order valence-corrected chi connectivity index (χ4v) is 3.99. The monoisotopic (exact) mass is 397 g/mol. The van der Waals surface area contributed by atoms with Gasteiger partial charge in [-0.3, -0.25) is 0 Å². The smallest absolute Gasteiger partial charge is 0.246 e. The number of hydrogen-bond acceptors (Lipinski definition) is 4. The molecule has 1 aromatic carbocycles. The van der Waals surface area contributed by atoms with Crippen molar-refractivity contribution in [3.63, 3.8) is 0 Å². The molecule has 2 heterocycles. The first-order chi connectivity index (χ1) is 11.5. The van der Waals surface area contributed by atoms with Crippen molar-refractivity contribution in [2.75, 3.05) is 11.5 Å². The first kappa shape index (κ1) is 17.8. The molecular weight excluding hydrogens is 387 g/mol. The van der Waals surface area contributed by atoms with Crippen LogP contribution < -0.4 is 11.4 Å². The first-order valence-electron chi connectivity index (χ1n) is 7.01. The molecule has 12 heteroatoms. The number of nitrogens with zero attached hydrogens (tertiary/aromatic N) is 3. The van der Waals surface area contributed by atoms with Crippen molar-refractivity contribution in [1.29, 1.82) is 0 Å². The van der Waals surface area contributed by atoms with Gasteiger partial charge in [-0.25, -0.2) is 31.9 Å². The predicted molar refractivity (Wildman–Crippen MR) is 83.0 cm³/mol. The van der Waals surface area contributed by atoms with E-state index >= 15 is 0 Å². The highest BCUT2D eigenvalue weighted by Gasteiger charge is 2.33. The molecule has 0 spiro atoms. The van der Waals surface area contributed by atoms with Gasteiger partial charge in [-0.15, -0.1) is 0 Å². The zero-order valence-electron chi connectivity index (χ0n) is 12.5. The van der Waals surface area contributed by atoms with Crippen molar-refractivity contribution in [2.45, 2.75) is 19.3 Å². The summed E-state index contributed by atoms with van der Waals surface area (Å²) in [5.74, 6) is -0.603. The molecule has 0 atom stereocenters. The quantitative estimate of drug-likeness (QED) is 0.716. The summed E-state index contributed by atoms with van der Waals surface area (Å²) < 4.78 is 64.2. The van der Waals surface area contributed by atoms with Gasteiger partial charge in [-0.05, 0) is 18.2 Å². The summed E-state index contributed by atoms with van der Waals surface area (Å²) in [7, 11) is -3.37. The normalized spacial score (nSPS) is 17.1. The zero-order valence-corrected chi connectivity index (χ0v) is 14.0. The minimum atomic E-state index is -4.66. The van der Waals surface area contributed by atoms with Crippen molar-refractivity contribution in [2.24, 2.45) is 0 Å². The number of rotatable bonds is 1. The van der Waals surface area contributed by atoms with Crippen LogP contribution in [0.5, 0.6) is 0 Å². The zero-order chi connectivity index (χ0) is 18.6. The van der Waals surface area contributed by atoms with Crippen LogP contribution in [0.15, 0.2) is 27.8 Å². The number of alkyl halides is 3. The van der Waals surface area contributed by atoms with Gasteiger partial charge in [0, 0.05) is 0 Å². The summed E-state index contributed by atoms with van der Waals surface area (Å²) in [6.07, 6.45) is -4.66. The highest BCUT2D eigenvalue weighted by Crippen LogP contribution is 2.35. The second-order valence-corrected chi connectivity index (χ2v) is 8.17. The third-order valence-electron chi connectivity index (χ3n) is 3.86. The predicted octanol–water partition coefficient (Wildman–Crippen LogP) is 0.901. The molecule has 0 aliphatic carbocycles. The largest absolute Gasteiger partial charge is 0.417 e. The average Bonchev–Trinajstić information content (AvgIpc) is 2.61. The van der Waals surface area contributed by atoms with Gasteiger partial charge in [0.15, 0.2) is 9.84 Å². The number of sulfone groups is 1. The maximum Gasteiger partial charge on any atom is 0.417 e. The molecule has 1 aliphatic rings. The van der Waals surface area contributed by atoms with Crippen LogP contribution in [0.4, 0.5) is 13.2 Å². The second kappa shape index (κ2) is 5.77. The van der Waals surface area contributed by atoms with E-state index in [9.17, 15) is 31.2 Å². The van der Waals surface area contributed by atoms with Gasteiger partial charge < -0.3 is 0 Å². The lowest BCUT2D eigenvalue weighted by atomic mass is 10.2. The lowest BCUT2D eigenvalue weighted by Crippen LogP contribution is -2.29. The SMILES string of the molecule is O=c1n(-c2ccc(C(F)(F)F)c(Cl)c2)c(=O)n2n1CCS(=O)(=O)CC2. The van der Waals surface area contributed by atoms with Crippen molar-refractivity contribution in [1.82, 2.24) is 13.9 Å². The Morgan fingerprint density at radius 3 is 1.96 bits per heavy atom. The third-order valence-corrected chi connectivity index (χ3v) is 5.78. The van der Waals surface area contributed by atoms with Crippen LogP contribution >= 0.6 is 11.6 Å². The van der Waals surface area contributed by atoms with E-state index in [1.54, 1.807) is 0 Å². The van der Waals surface area contributed by atoms with E-state index in [1.807, 2.05) is 0 Å². The van der Waals surface area contributed by atoms with E-state index in [1.165, 1.54) is 0 Å². The number of aromatic nitrogens is 3. The molecule has 0 radical (unpaired) electrons. The number of fused-ring (bicyclic) bond motifs is 1. The average molecular weight is 398 g/mol. The molecule has 0 fully saturated rings. The van der Waals surface area contributed by atoms with Crippen molar-refractivity contribution in [3.05, 3.63) is 49.8 Å². The minimum Gasteiger partial charge on any atom is -0.246 e. The lowest BCUT2D eigenvalue weighted by Gasteiger charge is -2.09. The second-order valence-electron chi connectivity index (χ2n) is 5.46. The highest BCUT2D eigenvalue weighted by atomic mass is 35.5.